The van der Waals surface area contributed by atoms with Gasteiger partial charge >= 0.3 is 6.09 Å². The van der Waals surface area contributed by atoms with Crippen LogP contribution in [0.3, 0.4) is 0 Å². The van der Waals surface area contributed by atoms with Crippen LogP contribution in [0, 0.1) is 5.92 Å². The number of pyridine rings is 1. The molecule has 2 amide bonds. The summed E-state index contributed by atoms with van der Waals surface area (Å²) in [7, 11) is 1.44. The molecule has 2 aromatic heterocycles. The standard InChI is InChI=1S/C24H35N5O3/c1-17(2)21-16-29-10-4-5-20(22(29)26-21)23(30)25-15-18-6-11-27(12-7-18)19-8-13-28(14-9-19)24(31)32-3/h4-5,10,16-19H,6-9,11-15H2,1-3H3,(H,25,30). The number of nitrogens with one attached hydrogen (secondary N) is 1. The number of ether oxygens (including phenoxy) is 1. The third-order valence-corrected chi connectivity index (χ3v) is 6.95. The van der Waals surface area contributed by atoms with Gasteiger partial charge in [0.05, 0.1) is 18.4 Å². The van der Waals surface area contributed by atoms with Crippen molar-refractivity contribution in [3.63, 3.8) is 0 Å². The Morgan fingerprint density at radius 2 is 1.88 bits per heavy atom. The second kappa shape index (κ2) is 9.90. The summed E-state index contributed by atoms with van der Waals surface area (Å²) in [5.41, 5.74) is 2.35. The van der Waals surface area contributed by atoms with Crippen LogP contribution in [0.2, 0.25) is 0 Å². The minimum Gasteiger partial charge on any atom is -0.453 e. The number of nitrogens with zero attached hydrogens (tertiary/aromatic N) is 4. The van der Waals surface area contributed by atoms with Crippen molar-refractivity contribution in [3.8, 4) is 0 Å². The maximum absolute atomic E-state index is 12.9. The SMILES string of the molecule is COC(=O)N1CCC(N2CCC(CNC(=O)c3cccn4cc(C(C)C)nc34)CC2)CC1. The van der Waals surface area contributed by atoms with E-state index in [-0.39, 0.29) is 12.0 Å². The molecular weight excluding hydrogens is 406 g/mol. The number of rotatable bonds is 5. The maximum atomic E-state index is 12.9. The molecule has 4 rings (SSSR count). The molecular formula is C24H35N5O3. The summed E-state index contributed by atoms with van der Waals surface area (Å²) in [6.07, 6.45) is 7.90. The van der Waals surface area contributed by atoms with Crippen molar-refractivity contribution in [2.75, 3.05) is 39.8 Å². The van der Waals surface area contributed by atoms with E-state index in [2.05, 4.69) is 29.0 Å². The van der Waals surface area contributed by atoms with Crippen LogP contribution in [-0.4, -0.2) is 77.1 Å². The van der Waals surface area contributed by atoms with Gasteiger partial charge in [-0.25, -0.2) is 9.78 Å². The van der Waals surface area contributed by atoms with Crippen molar-refractivity contribution < 1.29 is 14.3 Å². The van der Waals surface area contributed by atoms with Gasteiger partial charge < -0.3 is 24.3 Å². The molecule has 0 aromatic carbocycles. The summed E-state index contributed by atoms with van der Waals surface area (Å²) in [6.45, 7) is 8.56. The van der Waals surface area contributed by atoms with E-state index >= 15 is 0 Å². The summed E-state index contributed by atoms with van der Waals surface area (Å²) >= 11 is 0. The van der Waals surface area contributed by atoms with E-state index < -0.39 is 0 Å². The van der Waals surface area contributed by atoms with E-state index in [1.165, 1.54) is 7.11 Å². The first kappa shape index (κ1) is 22.6. The van der Waals surface area contributed by atoms with E-state index in [0.717, 1.165) is 63.2 Å². The number of piperidine rings is 2. The Labute approximate surface area is 189 Å². The summed E-state index contributed by atoms with van der Waals surface area (Å²) in [6, 6.07) is 4.29. The smallest absolute Gasteiger partial charge is 0.409 e. The quantitative estimate of drug-likeness (QED) is 0.771. The molecule has 32 heavy (non-hydrogen) atoms. The van der Waals surface area contributed by atoms with E-state index in [1.807, 2.05) is 28.9 Å². The number of carbonyl (C=O) groups excluding carboxylic acids is 2. The van der Waals surface area contributed by atoms with Crippen LogP contribution >= 0.6 is 0 Å². The molecule has 0 aliphatic carbocycles. The summed E-state index contributed by atoms with van der Waals surface area (Å²) < 4.78 is 6.77. The lowest BCUT2D eigenvalue weighted by molar-refractivity contribution is 0.0664. The lowest BCUT2D eigenvalue weighted by Gasteiger charge is -2.41. The fraction of sp³-hybridized carbons (Fsp3) is 0.625. The Morgan fingerprint density at radius 1 is 1.16 bits per heavy atom. The van der Waals surface area contributed by atoms with E-state index in [4.69, 9.17) is 4.74 Å². The molecule has 8 heteroatoms. The fourth-order valence-corrected chi connectivity index (χ4v) is 4.88. The van der Waals surface area contributed by atoms with Gasteiger partial charge in [-0.3, -0.25) is 4.79 Å². The number of carbonyl (C=O) groups is 2. The highest BCUT2D eigenvalue weighted by atomic mass is 16.5. The van der Waals surface area contributed by atoms with Gasteiger partial charge in [-0.2, -0.15) is 0 Å². The van der Waals surface area contributed by atoms with Crippen LogP contribution in [-0.2, 0) is 4.74 Å². The Bertz CT molecular complexity index is 940. The van der Waals surface area contributed by atoms with Gasteiger partial charge in [-0.05, 0) is 62.7 Å². The minimum absolute atomic E-state index is 0.0471. The van der Waals surface area contributed by atoms with Crippen LogP contribution < -0.4 is 5.32 Å². The Hall–Kier alpha value is -2.61. The van der Waals surface area contributed by atoms with Crippen LogP contribution in [0.15, 0.2) is 24.5 Å². The number of amides is 2. The highest BCUT2D eigenvalue weighted by Gasteiger charge is 2.30. The highest BCUT2D eigenvalue weighted by Crippen LogP contribution is 2.24. The van der Waals surface area contributed by atoms with Gasteiger partial charge in [-0.15, -0.1) is 0 Å². The van der Waals surface area contributed by atoms with Gasteiger partial charge in [0.25, 0.3) is 5.91 Å². The monoisotopic (exact) mass is 441 g/mol. The van der Waals surface area contributed by atoms with Crippen molar-refractivity contribution in [2.45, 2.75) is 51.5 Å². The van der Waals surface area contributed by atoms with Crippen LogP contribution in [0.25, 0.3) is 5.65 Å². The third kappa shape index (κ3) is 4.90. The summed E-state index contributed by atoms with van der Waals surface area (Å²) in [5, 5.41) is 3.15. The zero-order chi connectivity index (χ0) is 22.7. The lowest BCUT2D eigenvalue weighted by Crippen LogP contribution is -2.49. The van der Waals surface area contributed by atoms with Gasteiger partial charge in [0.15, 0.2) is 0 Å². The van der Waals surface area contributed by atoms with Crippen LogP contribution in [0.5, 0.6) is 0 Å². The number of methoxy groups -OCH3 is 1. The van der Waals surface area contributed by atoms with Gasteiger partial charge in [0.2, 0.25) is 0 Å². The topological polar surface area (TPSA) is 79.2 Å². The van der Waals surface area contributed by atoms with Crippen molar-refractivity contribution >= 4 is 17.6 Å². The molecule has 2 saturated heterocycles. The Morgan fingerprint density at radius 3 is 2.53 bits per heavy atom. The fourth-order valence-electron chi connectivity index (χ4n) is 4.88. The molecule has 2 fully saturated rings. The van der Waals surface area contributed by atoms with Crippen molar-refractivity contribution in [1.82, 2.24) is 24.5 Å². The molecule has 1 N–H and O–H groups in total. The number of aromatic nitrogens is 2. The maximum Gasteiger partial charge on any atom is 0.409 e. The average molecular weight is 442 g/mol. The van der Waals surface area contributed by atoms with E-state index in [0.29, 0.717) is 30.0 Å². The molecule has 8 nitrogen and oxygen atoms in total. The predicted octanol–water partition coefficient (Wildman–Crippen LogP) is 3.13. The normalized spacial score (nSPS) is 18.9. The molecule has 174 valence electrons. The highest BCUT2D eigenvalue weighted by molar-refractivity contribution is 5.99. The molecule has 0 unspecified atom stereocenters. The number of likely N-dealkylation sites (tertiary alicyclic amines) is 2. The molecule has 0 spiro atoms. The number of fused-ring (bicyclic) bond motifs is 1. The Balaban J connectivity index is 1.25. The first-order valence-electron chi connectivity index (χ1n) is 11.8. The molecule has 2 aromatic rings. The van der Waals surface area contributed by atoms with Crippen LogP contribution in [0.1, 0.15) is 61.5 Å². The predicted molar refractivity (Wildman–Crippen MR) is 123 cm³/mol. The number of hydrogen-bond donors (Lipinski definition) is 1. The van der Waals surface area contributed by atoms with Crippen molar-refractivity contribution in [3.05, 3.63) is 35.8 Å². The molecule has 2 aliphatic rings. The molecule has 0 atom stereocenters. The average Bonchev–Trinajstić information content (AvgIpc) is 3.27. The molecule has 4 heterocycles. The molecule has 0 radical (unpaired) electrons. The third-order valence-electron chi connectivity index (χ3n) is 6.95. The lowest BCUT2D eigenvalue weighted by atomic mass is 9.93. The molecule has 0 bridgehead atoms. The minimum atomic E-state index is -0.218. The van der Waals surface area contributed by atoms with Crippen molar-refractivity contribution in [2.24, 2.45) is 5.92 Å². The van der Waals surface area contributed by atoms with E-state index in [9.17, 15) is 9.59 Å². The molecule has 0 saturated carbocycles. The van der Waals surface area contributed by atoms with Crippen LogP contribution in [0.4, 0.5) is 4.79 Å². The van der Waals surface area contributed by atoms with Gasteiger partial charge in [0.1, 0.15) is 5.65 Å². The first-order chi connectivity index (χ1) is 15.5. The summed E-state index contributed by atoms with van der Waals surface area (Å²) in [5.74, 6) is 0.772. The van der Waals surface area contributed by atoms with Crippen molar-refractivity contribution in [1.29, 1.82) is 0 Å². The second-order valence-electron chi connectivity index (χ2n) is 9.35. The number of imidazole rings is 1. The zero-order valence-corrected chi connectivity index (χ0v) is 19.4. The Kier molecular flexibility index (Phi) is 6.98. The summed E-state index contributed by atoms with van der Waals surface area (Å²) in [4.78, 5) is 33.6. The van der Waals surface area contributed by atoms with E-state index in [1.54, 1.807) is 4.90 Å². The zero-order valence-electron chi connectivity index (χ0n) is 19.4. The second-order valence-corrected chi connectivity index (χ2v) is 9.35. The molecule has 2 aliphatic heterocycles. The largest absolute Gasteiger partial charge is 0.453 e. The first-order valence-corrected chi connectivity index (χ1v) is 11.8. The number of hydrogen-bond acceptors (Lipinski definition) is 5. The van der Waals surface area contributed by atoms with Gasteiger partial charge in [-0.1, -0.05) is 13.8 Å². The van der Waals surface area contributed by atoms with Gasteiger partial charge in [0, 0.05) is 38.1 Å².